The van der Waals surface area contributed by atoms with E-state index in [0.29, 0.717) is 4.90 Å². The number of carbonyl (C=O) groups is 4. The normalized spacial score (nSPS) is 26.1. The van der Waals surface area contributed by atoms with Crippen molar-refractivity contribution in [2.75, 3.05) is 0 Å². The Hall–Kier alpha value is -2.02. The summed E-state index contributed by atoms with van der Waals surface area (Å²) in [5, 5.41) is 8.87. The molecule has 0 radical (unpaired) electrons. The highest BCUT2D eigenvalue weighted by atomic mass is 16.5. The fourth-order valence-corrected chi connectivity index (χ4v) is 1.52. The van der Waals surface area contributed by atoms with Crippen LogP contribution in [0.15, 0.2) is 12.2 Å². The van der Waals surface area contributed by atoms with E-state index in [4.69, 9.17) is 5.21 Å². The summed E-state index contributed by atoms with van der Waals surface area (Å²) in [6, 6.07) is -1.21. The maximum Gasteiger partial charge on any atom is 0.277 e. The summed E-state index contributed by atoms with van der Waals surface area (Å²) in [6.07, 6.45) is 1.66. The van der Waals surface area contributed by atoms with E-state index in [9.17, 15) is 19.2 Å². The second-order valence-electron chi connectivity index (χ2n) is 3.14. The van der Waals surface area contributed by atoms with E-state index < -0.39 is 29.7 Å². The van der Waals surface area contributed by atoms with E-state index >= 15 is 0 Å². The second-order valence-corrected chi connectivity index (χ2v) is 3.14. The maximum atomic E-state index is 11.3. The monoisotopic (exact) mass is 210 g/mol. The molecule has 7 nitrogen and oxygen atoms in total. The van der Waals surface area contributed by atoms with Gasteiger partial charge in [-0.2, -0.15) is 5.06 Å². The third-order valence-corrected chi connectivity index (χ3v) is 2.25. The lowest BCUT2D eigenvalue weighted by Gasteiger charge is -2.18. The fraction of sp³-hybridized carbons (Fsp3) is 0.250. The Morgan fingerprint density at radius 1 is 1.13 bits per heavy atom. The van der Waals surface area contributed by atoms with Crippen molar-refractivity contribution in [3.63, 3.8) is 0 Å². The first-order valence-corrected chi connectivity index (χ1v) is 4.13. The van der Waals surface area contributed by atoms with Crippen LogP contribution in [0, 0.1) is 0 Å². The SMILES string of the molecule is O=C1CC(N2C(=O)C=CC2=O)C(=O)N1O. The number of hydrogen-bond acceptors (Lipinski definition) is 5. The molecule has 0 aromatic carbocycles. The molecule has 0 aromatic rings. The van der Waals surface area contributed by atoms with Crippen LogP contribution in [0.5, 0.6) is 0 Å². The van der Waals surface area contributed by atoms with Gasteiger partial charge in [0.25, 0.3) is 23.6 Å². The van der Waals surface area contributed by atoms with Crippen molar-refractivity contribution >= 4 is 23.6 Å². The van der Waals surface area contributed by atoms with Gasteiger partial charge in [0.15, 0.2) is 0 Å². The zero-order chi connectivity index (χ0) is 11.2. The van der Waals surface area contributed by atoms with Crippen molar-refractivity contribution < 1.29 is 24.4 Å². The van der Waals surface area contributed by atoms with E-state index in [1.807, 2.05) is 0 Å². The van der Waals surface area contributed by atoms with Crippen molar-refractivity contribution in [1.29, 1.82) is 0 Å². The minimum Gasteiger partial charge on any atom is -0.278 e. The average molecular weight is 210 g/mol. The van der Waals surface area contributed by atoms with Gasteiger partial charge in [-0.3, -0.25) is 29.3 Å². The third-order valence-electron chi connectivity index (χ3n) is 2.25. The average Bonchev–Trinajstić information content (AvgIpc) is 2.63. The summed E-state index contributed by atoms with van der Waals surface area (Å²) in [5.41, 5.74) is 0. The molecule has 2 heterocycles. The number of rotatable bonds is 1. The predicted octanol–water partition coefficient (Wildman–Crippen LogP) is -1.57. The van der Waals surface area contributed by atoms with Gasteiger partial charge in [0.05, 0.1) is 6.42 Å². The predicted molar refractivity (Wildman–Crippen MR) is 43.0 cm³/mol. The van der Waals surface area contributed by atoms with E-state index in [1.54, 1.807) is 0 Å². The Balaban J connectivity index is 2.27. The molecule has 7 heteroatoms. The summed E-state index contributed by atoms with van der Waals surface area (Å²) < 4.78 is 0. The molecule has 2 rings (SSSR count). The molecule has 0 spiro atoms. The third kappa shape index (κ3) is 1.24. The van der Waals surface area contributed by atoms with Gasteiger partial charge >= 0.3 is 0 Å². The summed E-state index contributed by atoms with van der Waals surface area (Å²) in [4.78, 5) is 45.3. The molecule has 78 valence electrons. The van der Waals surface area contributed by atoms with Crippen molar-refractivity contribution in [1.82, 2.24) is 9.96 Å². The summed E-state index contributed by atoms with van der Waals surface area (Å²) in [7, 11) is 0. The van der Waals surface area contributed by atoms with Crippen molar-refractivity contribution in [2.45, 2.75) is 12.5 Å². The van der Waals surface area contributed by atoms with Gasteiger partial charge in [-0.15, -0.1) is 0 Å². The van der Waals surface area contributed by atoms with Crippen LogP contribution in [0.25, 0.3) is 0 Å². The van der Waals surface area contributed by atoms with Crippen LogP contribution >= 0.6 is 0 Å². The number of hydroxylamine groups is 2. The molecule has 0 aliphatic carbocycles. The van der Waals surface area contributed by atoms with Gasteiger partial charge in [0, 0.05) is 12.2 Å². The molecule has 0 aromatic heterocycles. The highest BCUT2D eigenvalue weighted by Crippen LogP contribution is 2.20. The zero-order valence-electron chi connectivity index (χ0n) is 7.41. The molecule has 2 aliphatic rings. The number of amides is 4. The number of hydrogen-bond donors (Lipinski definition) is 1. The Morgan fingerprint density at radius 3 is 2.07 bits per heavy atom. The minimum atomic E-state index is -1.21. The van der Waals surface area contributed by atoms with E-state index in [1.165, 1.54) is 0 Å². The first-order chi connectivity index (χ1) is 7.02. The lowest BCUT2D eigenvalue weighted by Crippen LogP contribution is -2.44. The summed E-state index contributed by atoms with van der Waals surface area (Å²) in [6.45, 7) is 0. The fourth-order valence-electron chi connectivity index (χ4n) is 1.52. The highest BCUT2D eigenvalue weighted by Gasteiger charge is 2.46. The highest BCUT2D eigenvalue weighted by molar-refractivity contribution is 6.17. The minimum absolute atomic E-state index is 0.0659. The molecule has 4 amide bonds. The number of nitrogens with zero attached hydrogens (tertiary/aromatic N) is 2. The van der Waals surface area contributed by atoms with Crippen LogP contribution in [0.3, 0.4) is 0 Å². The first-order valence-electron chi connectivity index (χ1n) is 4.13. The van der Waals surface area contributed by atoms with E-state index in [-0.39, 0.29) is 11.5 Å². The Labute approximate surface area is 83.5 Å². The molecule has 0 saturated carbocycles. The van der Waals surface area contributed by atoms with Gasteiger partial charge in [-0.25, -0.2) is 0 Å². The standard InChI is InChI=1S/C8H6N2O5/c11-5-1-2-6(12)9(5)4-3-7(13)10(15)8(4)14/h1-2,4,15H,3H2. The van der Waals surface area contributed by atoms with Gasteiger partial charge in [-0.05, 0) is 0 Å². The molecule has 2 aliphatic heterocycles. The zero-order valence-corrected chi connectivity index (χ0v) is 7.41. The quantitative estimate of drug-likeness (QED) is 0.416. The molecule has 1 N–H and O–H groups in total. The molecule has 0 bridgehead atoms. The Bertz CT molecular complexity index is 395. The molecule has 1 atom stereocenters. The van der Waals surface area contributed by atoms with Crippen LogP contribution in [-0.2, 0) is 19.2 Å². The molecule has 1 unspecified atom stereocenters. The second kappa shape index (κ2) is 2.99. The van der Waals surface area contributed by atoms with Crippen LogP contribution in [0.4, 0.5) is 0 Å². The molecular formula is C8H6N2O5. The number of carbonyl (C=O) groups excluding carboxylic acids is 4. The van der Waals surface area contributed by atoms with Crippen molar-refractivity contribution in [2.24, 2.45) is 0 Å². The Kier molecular flexibility index (Phi) is 1.90. The lowest BCUT2D eigenvalue weighted by atomic mass is 10.2. The van der Waals surface area contributed by atoms with Crippen LogP contribution < -0.4 is 0 Å². The Morgan fingerprint density at radius 2 is 1.67 bits per heavy atom. The van der Waals surface area contributed by atoms with Crippen molar-refractivity contribution in [3.8, 4) is 0 Å². The lowest BCUT2D eigenvalue weighted by molar-refractivity contribution is -0.173. The molecular weight excluding hydrogens is 204 g/mol. The number of imide groups is 2. The topological polar surface area (TPSA) is 95.0 Å². The maximum absolute atomic E-state index is 11.3. The summed E-state index contributed by atoms with van der Waals surface area (Å²) >= 11 is 0. The van der Waals surface area contributed by atoms with Crippen LogP contribution in [0.2, 0.25) is 0 Å². The molecule has 15 heavy (non-hydrogen) atoms. The van der Waals surface area contributed by atoms with E-state index in [0.717, 1.165) is 12.2 Å². The van der Waals surface area contributed by atoms with Crippen LogP contribution in [0.1, 0.15) is 6.42 Å². The van der Waals surface area contributed by atoms with Crippen molar-refractivity contribution in [3.05, 3.63) is 12.2 Å². The van der Waals surface area contributed by atoms with E-state index in [2.05, 4.69) is 0 Å². The first kappa shape index (κ1) is 9.53. The molecule has 1 fully saturated rings. The largest absolute Gasteiger partial charge is 0.278 e. The summed E-state index contributed by atoms with van der Waals surface area (Å²) in [5.74, 6) is -3.08. The van der Waals surface area contributed by atoms with Gasteiger partial charge in [0.2, 0.25) is 0 Å². The smallest absolute Gasteiger partial charge is 0.277 e. The van der Waals surface area contributed by atoms with Gasteiger partial charge in [-0.1, -0.05) is 0 Å². The van der Waals surface area contributed by atoms with Gasteiger partial charge in [0.1, 0.15) is 6.04 Å². The molecule has 1 saturated heterocycles. The van der Waals surface area contributed by atoms with Crippen LogP contribution in [-0.4, -0.2) is 44.8 Å². The van der Waals surface area contributed by atoms with Gasteiger partial charge < -0.3 is 0 Å².